The minimum Gasteiger partial charge on any atom is -0.400 e. The number of aromatic amines is 1. The third-order valence-corrected chi connectivity index (χ3v) is 1.79. The molecule has 0 fully saturated rings. The molecule has 1 aromatic heterocycles. The van der Waals surface area contributed by atoms with Crippen LogP contribution < -0.4 is 10.2 Å². The maximum absolute atomic E-state index is 12.0. The monoisotopic (exact) mass is 232 g/mol. The Morgan fingerprint density at radius 1 is 1.56 bits per heavy atom. The molecule has 0 saturated carbocycles. The van der Waals surface area contributed by atoms with Crippen molar-refractivity contribution in [1.29, 1.82) is 5.26 Å². The third-order valence-electron chi connectivity index (χ3n) is 1.79. The van der Waals surface area contributed by atoms with Crippen molar-refractivity contribution in [3.05, 3.63) is 27.7 Å². The van der Waals surface area contributed by atoms with Crippen molar-refractivity contribution < 1.29 is 17.9 Å². The number of nitriles is 1. The van der Waals surface area contributed by atoms with E-state index in [1.807, 2.05) is 0 Å². The van der Waals surface area contributed by atoms with E-state index in [1.165, 1.54) is 13.1 Å². The molecule has 0 spiro atoms. The van der Waals surface area contributed by atoms with E-state index in [0.717, 1.165) is 0 Å². The van der Waals surface area contributed by atoms with E-state index in [2.05, 4.69) is 9.72 Å². The average Bonchev–Trinajstić information content (AvgIpc) is 2.16. The van der Waals surface area contributed by atoms with Gasteiger partial charge in [0, 0.05) is 11.8 Å². The number of H-pyrrole nitrogens is 1. The van der Waals surface area contributed by atoms with Crippen LogP contribution in [0.1, 0.15) is 11.3 Å². The smallest absolute Gasteiger partial charge is 0.400 e. The van der Waals surface area contributed by atoms with Crippen LogP contribution in [-0.4, -0.2) is 11.3 Å². The number of ether oxygens (including phenoxy) is 1. The van der Waals surface area contributed by atoms with E-state index in [1.54, 1.807) is 6.07 Å². The van der Waals surface area contributed by atoms with E-state index in [9.17, 15) is 18.0 Å². The topological polar surface area (TPSA) is 65.9 Å². The number of halogens is 3. The molecule has 1 N–H and O–H groups in total. The van der Waals surface area contributed by atoms with Crippen LogP contribution in [0.5, 0.6) is 5.75 Å². The molecule has 0 aromatic carbocycles. The van der Waals surface area contributed by atoms with Crippen molar-refractivity contribution in [2.75, 3.05) is 0 Å². The Hall–Kier alpha value is -1.97. The van der Waals surface area contributed by atoms with Gasteiger partial charge in [-0.15, -0.1) is 13.2 Å². The molecule has 1 rings (SSSR count). The number of pyridine rings is 1. The highest BCUT2D eigenvalue weighted by atomic mass is 19.4. The first-order valence-corrected chi connectivity index (χ1v) is 4.19. The standard InChI is InChI=1S/C9H7F3N2O2/c1-5-8(16-9(10,11)12)7(15)6(2-3-13)4-14-5/h4H,2H2,1H3,(H,14,15). The summed E-state index contributed by atoms with van der Waals surface area (Å²) in [6.07, 6.45) is -4.00. The van der Waals surface area contributed by atoms with Crippen LogP contribution in [-0.2, 0) is 6.42 Å². The summed E-state index contributed by atoms with van der Waals surface area (Å²) < 4.78 is 39.5. The molecular formula is C9H7F3N2O2. The van der Waals surface area contributed by atoms with Gasteiger partial charge in [0.1, 0.15) is 0 Å². The fraction of sp³-hybridized carbons (Fsp3) is 0.333. The van der Waals surface area contributed by atoms with Gasteiger partial charge in [-0.2, -0.15) is 5.26 Å². The van der Waals surface area contributed by atoms with Crippen molar-refractivity contribution in [2.45, 2.75) is 19.7 Å². The van der Waals surface area contributed by atoms with E-state index in [0.29, 0.717) is 0 Å². The van der Waals surface area contributed by atoms with Crippen molar-refractivity contribution >= 4 is 0 Å². The van der Waals surface area contributed by atoms with Gasteiger partial charge in [-0.25, -0.2) is 0 Å². The summed E-state index contributed by atoms with van der Waals surface area (Å²) in [5.41, 5.74) is -1.02. The number of alkyl halides is 3. The maximum atomic E-state index is 12.0. The summed E-state index contributed by atoms with van der Waals surface area (Å²) in [5.74, 6) is -0.819. The molecule has 0 aliphatic heterocycles. The maximum Gasteiger partial charge on any atom is 0.573 e. The Morgan fingerprint density at radius 3 is 2.69 bits per heavy atom. The molecule has 0 unspecified atom stereocenters. The van der Waals surface area contributed by atoms with Gasteiger partial charge in [0.15, 0.2) is 5.75 Å². The molecule has 86 valence electrons. The Balaban J connectivity index is 3.23. The zero-order chi connectivity index (χ0) is 12.3. The van der Waals surface area contributed by atoms with Crippen LogP contribution in [0.15, 0.2) is 11.0 Å². The van der Waals surface area contributed by atoms with Gasteiger partial charge in [-0.3, -0.25) is 4.79 Å². The molecule has 0 saturated heterocycles. The predicted molar refractivity (Wildman–Crippen MR) is 47.8 cm³/mol. The summed E-state index contributed by atoms with van der Waals surface area (Å²) in [4.78, 5) is 13.9. The lowest BCUT2D eigenvalue weighted by Gasteiger charge is -2.10. The van der Waals surface area contributed by atoms with Gasteiger partial charge in [-0.05, 0) is 6.92 Å². The number of aromatic nitrogens is 1. The van der Waals surface area contributed by atoms with Crippen molar-refractivity contribution in [3.63, 3.8) is 0 Å². The predicted octanol–water partition coefficient (Wildman–Crippen LogP) is 1.65. The van der Waals surface area contributed by atoms with Gasteiger partial charge in [0.05, 0.1) is 18.2 Å². The summed E-state index contributed by atoms with van der Waals surface area (Å²) in [6, 6.07) is 1.68. The third kappa shape index (κ3) is 2.76. The first kappa shape index (κ1) is 12.1. The second kappa shape index (κ2) is 4.26. The Labute approximate surface area is 88.3 Å². The van der Waals surface area contributed by atoms with Crippen LogP contribution in [0.2, 0.25) is 0 Å². The normalized spacial score (nSPS) is 10.9. The van der Waals surface area contributed by atoms with Crippen LogP contribution in [0, 0.1) is 18.3 Å². The zero-order valence-electron chi connectivity index (χ0n) is 8.18. The summed E-state index contributed by atoms with van der Waals surface area (Å²) in [6.45, 7) is 1.28. The Bertz CT molecular complexity index is 485. The molecule has 0 atom stereocenters. The Morgan fingerprint density at radius 2 is 2.19 bits per heavy atom. The van der Waals surface area contributed by atoms with E-state index < -0.39 is 17.5 Å². The van der Waals surface area contributed by atoms with E-state index >= 15 is 0 Å². The minimum atomic E-state index is -4.93. The number of rotatable bonds is 2. The fourth-order valence-corrected chi connectivity index (χ4v) is 1.10. The highest BCUT2D eigenvalue weighted by Gasteiger charge is 2.33. The largest absolute Gasteiger partial charge is 0.573 e. The molecule has 0 aliphatic rings. The lowest BCUT2D eigenvalue weighted by molar-refractivity contribution is -0.275. The molecule has 1 heterocycles. The number of nitrogens with one attached hydrogen (secondary N) is 1. The fourth-order valence-electron chi connectivity index (χ4n) is 1.10. The van der Waals surface area contributed by atoms with Crippen molar-refractivity contribution in [1.82, 2.24) is 4.98 Å². The number of aryl methyl sites for hydroxylation is 1. The molecular weight excluding hydrogens is 225 g/mol. The lowest BCUT2D eigenvalue weighted by Crippen LogP contribution is -2.24. The lowest BCUT2D eigenvalue weighted by atomic mass is 10.2. The van der Waals surface area contributed by atoms with Crippen LogP contribution in [0.4, 0.5) is 13.2 Å². The van der Waals surface area contributed by atoms with Gasteiger partial charge < -0.3 is 9.72 Å². The minimum absolute atomic E-state index is 0.0379. The first-order chi connectivity index (χ1) is 7.35. The van der Waals surface area contributed by atoms with Crippen LogP contribution >= 0.6 is 0 Å². The van der Waals surface area contributed by atoms with E-state index in [4.69, 9.17) is 5.26 Å². The molecule has 16 heavy (non-hydrogen) atoms. The number of hydrogen-bond acceptors (Lipinski definition) is 3. The summed E-state index contributed by atoms with van der Waals surface area (Å²) >= 11 is 0. The van der Waals surface area contributed by atoms with Gasteiger partial charge in [-0.1, -0.05) is 0 Å². The van der Waals surface area contributed by atoms with E-state index in [-0.39, 0.29) is 17.7 Å². The second-order valence-corrected chi connectivity index (χ2v) is 2.98. The SMILES string of the molecule is Cc1[nH]cc(CC#N)c(=O)c1OC(F)(F)F. The quantitative estimate of drug-likeness (QED) is 0.842. The summed E-state index contributed by atoms with van der Waals surface area (Å²) in [7, 11) is 0. The first-order valence-electron chi connectivity index (χ1n) is 4.19. The van der Waals surface area contributed by atoms with Crippen molar-refractivity contribution in [3.8, 4) is 11.8 Å². The molecule has 7 heteroatoms. The molecule has 4 nitrogen and oxygen atoms in total. The molecule has 1 aromatic rings. The van der Waals surface area contributed by atoms with Crippen molar-refractivity contribution in [2.24, 2.45) is 0 Å². The van der Waals surface area contributed by atoms with Crippen LogP contribution in [0.3, 0.4) is 0 Å². The van der Waals surface area contributed by atoms with Crippen LogP contribution in [0.25, 0.3) is 0 Å². The Kier molecular flexibility index (Phi) is 3.22. The highest BCUT2D eigenvalue weighted by Crippen LogP contribution is 2.21. The molecule has 0 amide bonds. The molecule has 0 radical (unpaired) electrons. The van der Waals surface area contributed by atoms with Gasteiger partial charge >= 0.3 is 6.36 Å². The zero-order valence-corrected chi connectivity index (χ0v) is 8.18. The number of hydrogen-bond donors (Lipinski definition) is 1. The number of nitrogens with zero attached hydrogens (tertiary/aromatic N) is 1. The second-order valence-electron chi connectivity index (χ2n) is 2.98. The average molecular weight is 232 g/mol. The van der Waals surface area contributed by atoms with Gasteiger partial charge in [0.2, 0.25) is 5.43 Å². The highest BCUT2D eigenvalue weighted by molar-refractivity contribution is 5.32. The van der Waals surface area contributed by atoms with Gasteiger partial charge in [0.25, 0.3) is 0 Å². The molecule has 0 aliphatic carbocycles. The molecule has 0 bridgehead atoms. The summed E-state index contributed by atoms with van der Waals surface area (Å²) in [5, 5.41) is 8.37.